The zero-order chi connectivity index (χ0) is 17.1. The van der Waals surface area contributed by atoms with E-state index in [9.17, 15) is 4.79 Å². The molecule has 4 rings (SSSR count). The van der Waals surface area contributed by atoms with Crippen LogP contribution in [-0.2, 0) is 9.47 Å². The van der Waals surface area contributed by atoms with Crippen LogP contribution in [0.5, 0.6) is 0 Å². The summed E-state index contributed by atoms with van der Waals surface area (Å²) in [5, 5.41) is 2.98. The summed E-state index contributed by atoms with van der Waals surface area (Å²) >= 11 is 0. The zero-order valence-electron chi connectivity index (χ0n) is 14.0. The normalized spacial score (nSPS) is 19.1. The number of amides is 1. The van der Waals surface area contributed by atoms with Crippen molar-refractivity contribution in [3.63, 3.8) is 0 Å². The molecule has 6 heteroatoms. The van der Waals surface area contributed by atoms with Crippen molar-refractivity contribution in [2.45, 2.75) is 18.6 Å². The van der Waals surface area contributed by atoms with E-state index in [1.807, 2.05) is 24.3 Å². The fraction of sp³-hybridized carbons (Fsp3) is 0.368. The van der Waals surface area contributed by atoms with E-state index in [0.717, 1.165) is 37.3 Å². The number of nitrogens with one attached hydrogen (secondary N) is 1. The molecule has 2 fully saturated rings. The minimum atomic E-state index is -0.400. The lowest BCUT2D eigenvalue weighted by Gasteiger charge is -2.39. The first-order valence-corrected chi connectivity index (χ1v) is 8.60. The predicted molar refractivity (Wildman–Crippen MR) is 94.7 cm³/mol. The van der Waals surface area contributed by atoms with Gasteiger partial charge in [0.05, 0.1) is 24.6 Å². The van der Waals surface area contributed by atoms with Gasteiger partial charge in [-0.1, -0.05) is 18.2 Å². The smallest absolute Gasteiger partial charge is 0.274 e. The maximum Gasteiger partial charge on any atom is 0.274 e. The van der Waals surface area contributed by atoms with Gasteiger partial charge in [-0.25, -0.2) is 0 Å². The van der Waals surface area contributed by atoms with E-state index in [1.54, 1.807) is 24.4 Å². The number of carbonyl (C=O) groups excluding carboxylic acids is 1. The van der Waals surface area contributed by atoms with Gasteiger partial charge in [0.2, 0.25) is 0 Å². The lowest BCUT2D eigenvalue weighted by atomic mass is 10.0. The average Bonchev–Trinajstić information content (AvgIpc) is 3.12. The first kappa shape index (κ1) is 16.1. The summed E-state index contributed by atoms with van der Waals surface area (Å²) in [4.78, 5) is 18.8. The molecule has 6 nitrogen and oxygen atoms in total. The molecule has 1 spiro atoms. The molecule has 3 heterocycles. The molecule has 0 radical (unpaired) electrons. The van der Waals surface area contributed by atoms with Crippen molar-refractivity contribution >= 4 is 17.3 Å². The molecular formula is C19H21N3O3. The summed E-state index contributed by atoms with van der Waals surface area (Å²) in [7, 11) is 0. The Morgan fingerprint density at radius 2 is 1.76 bits per heavy atom. The molecule has 1 aromatic heterocycles. The Morgan fingerprint density at radius 1 is 1.04 bits per heavy atom. The van der Waals surface area contributed by atoms with Gasteiger partial charge in [-0.05, 0) is 24.3 Å². The van der Waals surface area contributed by atoms with E-state index in [0.29, 0.717) is 18.9 Å². The van der Waals surface area contributed by atoms with Crippen LogP contribution < -0.4 is 10.2 Å². The van der Waals surface area contributed by atoms with Crippen molar-refractivity contribution in [1.29, 1.82) is 0 Å². The number of carbonyl (C=O) groups is 1. The van der Waals surface area contributed by atoms with Crippen LogP contribution in [0, 0.1) is 0 Å². The quantitative estimate of drug-likeness (QED) is 0.931. The summed E-state index contributed by atoms with van der Waals surface area (Å²) in [6.45, 7) is 3.01. The lowest BCUT2D eigenvalue weighted by Crippen LogP contribution is -2.45. The number of ether oxygens (including phenoxy) is 2. The van der Waals surface area contributed by atoms with Crippen LogP contribution in [0.15, 0.2) is 48.7 Å². The van der Waals surface area contributed by atoms with Gasteiger partial charge in [0.1, 0.15) is 5.69 Å². The van der Waals surface area contributed by atoms with Crippen LogP contribution >= 0.6 is 0 Å². The number of aromatic nitrogens is 1. The third-order valence-electron chi connectivity index (χ3n) is 4.73. The maximum absolute atomic E-state index is 12.4. The molecule has 0 aliphatic carbocycles. The Balaban J connectivity index is 1.49. The van der Waals surface area contributed by atoms with Crippen LogP contribution in [-0.4, -0.2) is 43.0 Å². The highest BCUT2D eigenvalue weighted by Crippen LogP contribution is 2.35. The van der Waals surface area contributed by atoms with Gasteiger partial charge >= 0.3 is 0 Å². The first-order valence-electron chi connectivity index (χ1n) is 8.60. The average molecular weight is 339 g/mol. The lowest BCUT2D eigenvalue weighted by molar-refractivity contribution is -0.169. The standard InChI is InChI=1S/C19H21N3O3/c23-18(16-6-3-4-10-20-16)21-15-5-1-2-7-17(15)22-11-8-19(9-12-22)24-13-14-25-19/h1-7,10H,8-9,11-14H2,(H,21,23). The molecule has 2 aliphatic rings. The van der Waals surface area contributed by atoms with Crippen molar-refractivity contribution in [3.8, 4) is 0 Å². The topological polar surface area (TPSA) is 63.7 Å². The third-order valence-corrected chi connectivity index (χ3v) is 4.73. The molecule has 2 saturated heterocycles. The molecular weight excluding hydrogens is 318 g/mol. The van der Waals surface area contributed by atoms with Crippen LogP contribution in [0.1, 0.15) is 23.3 Å². The van der Waals surface area contributed by atoms with Gasteiger partial charge in [0, 0.05) is 32.1 Å². The summed E-state index contributed by atoms with van der Waals surface area (Å²) in [6, 6.07) is 13.2. The number of benzene rings is 1. The second-order valence-electron chi connectivity index (χ2n) is 6.28. The highest BCUT2D eigenvalue weighted by atomic mass is 16.7. The minimum absolute atomic E-state index is 0.205. The van der Waals surface area contributed by atoms with Crippen LogP contribution in [0.3, 0.4) is 0 Å². The van der Waals surface area contributed by atoms with E-state index in [4.69, 9.17) is 9.47 Å². The molecule has 0 unspecified atom stereocenters. The van der Waals surface area contributed by atoms with E-state index in [1.165, 1.54) is 0 Å². The van der Waals surface area contributed by atoms with Gasteiger partial charge in [0.15, 0.2) is 5.79 Å². The third kappa shape index (κ3) is 3.36. The van der Waals surface area contributed by atoms with Crippen molar-refractivity contribution in [2.24, 2.45) is 0 Å². The Bertz CT molecular complexity index is 735. The number of hydrogen-bond acceptors (Lipinski definition) is 5. The molecule has 2 aromatic rings. The zero-order valence-corrected chi connectivity index (χ0v) is 14.0. The number of para-hydroxylation sites is 2. The Hall–Kier alpha value is -2.44. The SMILES string of the molecule is O=C(Nc1ccccc1N1CCC2(CC1)OCCO2)c1ccccn1. The number of nitrogens with zero attached hydrogens (tertiary/aromatic N) is 2. The van der Waals surface area contributed by atoms with Gasteiger partial charge < -0.3 is 19.7 Å². The van der Waals surface area contributed by atoms with Gasteiger partial charge in [0.25, 0.3) is 5.91 Å². The van der Waals surface area contributed by atoms with Crippen molar-refractivity contribution < 1.29 is 14.3 Å². The maximum atomic E-state index is 12.4. The van der Waals surface area contributed by atoms with Gasteiger partial charge in [-0.15, -0.1) is 0 Å². The second-order valence-corrected chi connectivity index (χ2v) is 6.28. The van der Waals surface area contributed by atoms with Gasteiger partial charge in [-0.3, -0.25) is 9.78 Å². The summed E-state index contributed by atoms with van der Waals surface area (Å²) in [5.41, 5.74) is 2.21. The molecule has 0 bridgehead atoms. The molecule has 130 valence electrons. The van der Waals surface area contributed by atoms with E-state index in [-0.39, 0.29) is 5.91 Å². The highest BCUT2D eigenvalue weighted by molar-refractivity contribution is 6.04. The van der Waals surface area contributed by atoms with Crippen LogP contribution in [0.2, 0.25) is 0 Å². The number of hydrogen-bond donors (Lipinski definition) is 1. The molecule has 0 atom stereocenters. The van der Waals surface area contributed by atoms with Crippen molar-refractivity contribution in [3.05, 3.63) is 54.4 Å². The van der Waals surface area contributed by atoms with Crippen molar-refractivity contribution in [1.82, 2.24) is 4.98 Å². The number of piperidine rings is 1. The number of pyridine rings is 1. The van der Waals surface area contributed by atoms with E-state index < -0.39 is 5.79 Å². The summed E-state index contributed by atoms with van der Waals surface area (Å²) in [6.07, 6.45) is 3.28. The molecule has 1 N–H and O–H groups in total. The Kier molecular flexibility index (Phi) is 4.38. The summed E-state index contributed by atoms with van der Waals surface area (Å²) in [5.74, 6) is -0.605. The molecule has 2 aliphatic heterocycles. The second kappa shape index (κ2) is 6.82. The number of rotatable bonds is 3. The van der Waals surface area contributed by atoms with Crippen LogP contribution in [0.25, 0.3) is 0 Å². The highest BCUT2D eigenvalue weighted by Gasteiger charge is 2.40. The Labute approximate surface area is 146 Å². The van der Waals surface area contributed by atoms with Crippen molar-refractivity contribution in [2.75, 3.05) is 36.5 Å². The molecule has 1 aromatic carbocycles. The monoisotopic (exact) mass is 339 g/mol. The minimum Gasteiger partial charge on any atom is -0.369 e. The van der Waals surface area contributed by atoms with E-state index in [2.05, 4.69) is 15.2 Å². The Morgan fingerprint density at radius 3 is 2.48 bits per heavy atom. The first-order chi connectivity index (χ1) is 12.3. The molecule has 1 amide bonds. The van der Waals surface area contributed by atoms with Crippen LogP contribution in [0.4, 0.5) is 11.4 Å². The number of anilines is 2. The van der Waals surface area contributed by atoms with Gasteiger partial charge in [-0.2, -0.15) is 0 Å². The fourth-order valence-electron chi connectivity index (χ4n) is 3.41. The summed E-state index contributed by atoms with van der Waals surface area (Å²) < 4.78 is 11.6. The molecule has 0 saturated carbocycles. The largest absolute Gasteiger partial charge is 0.369 e. The predicted octanol–water partition coefficient (Wildman–Crippen LogP) is 2.68. The fourth-order valence-corrected chi connectivity index (χ4v) is 3.41. The van der Waals surface area contributed by atoms with E-state index >= 15 is 0 Å². The molecule has 25 heavy (non-hydrogen) atoms.